The van der Waals surface area contributed by atoms with Gasteiger partial charge in [0.25, 0.3) is 0 Å². The Morgan fingerprint density at radius 1 is 1.32 bits per heavy atom. The van der Waals surface area contributed by atoms with Crippen molar-refractivity contribution in [3.05, 3.63) is 35.9 Å². The van der Waals surface area contributed by atoms with Gasteiger partial charge in [0.15, 0.2) is 0 Å². The van der Waals surface area contributed by atoms with Crippen LogP contribution in [0.4, 0.5) is 4.79 Å². The second-order valence-electron chi connectivity index (χ2n) is 6.53. The highest BCUT2D eigenvalue weighted by atomic mass is 32.3. The molecule has 0 bridgehead atoms. The lowest BCUT2D eigenvalue weighted by Gasteiger charge is -2.28. The van der Waals surface area contributed by atoms with Crippen LogP contribution in [0.2, 0.25) is 0 Å². The van der Waals surface area contributed by atoms with Gasteiger partial charge in [-0.1, -0.05) is 30.3 Å². The van der Waals surface area contributed by atoms with Crippen LogP contribution in [0.1, 0.15) is 25.3 Å². The zero-order valence-electron chi connectivity index (χ0n) is 13.9. The normalized spacial score (nSPS) is 14.5. The van der Waals surface area contributed by atoms with Gasteiger partial charge in [0.05, 0.1) is 6.07 Å². The minimum atomic E-state index is -0.877. The fraction of sp³-hybridized carbons (Fsp3) is 0.529. The number of hydrogen-bond donors (Lipinski definition) is 1. The highest BCUT2D eigenvalue weighted by Crippen LogP contribution is 2.36. The standard InChI is InChI=1S/C17H26N2O2S/c1-17(14-18,11-8-12-22(2,3)4)19-16(20)21-13-15-9-6-5-7-10-15/h5-7,9-10H,8,11-13H2,1-4H3,(H,19,20). The molecule has 1 atom stereocenters. The van der Waals surface area contributed by atoms with Crippen molar-refractivity contribution in [2.24, 2.45) is 0 Å². The van der Waals surface area contributed by atoms with Crippen LogP contribution >= 0.6 is 10.0 Å². The van der Waals surface area contributed by atoms with E-state index in [1.165, 1.54) is 0 Å². The molecule has 1 aromatic rings. The van der Waals surface area contributed by atoms with Gasteiger partial charge in [0.1, 0.15) is 12.1 Å². The largest absolute Gasteiger partial charge is 0.445 e. The van der Waals surface area contributed by atoms with E-state index in [4.69, 9.17) is 4.74 Å². The summed E-state index contributed by atoms with van der Waals surface area (Å²) in [5, 5.41) is 12.0. The molecule has 0 fully saturated rings. The van der Waals surface area contributed by atoms with E-state index in [0.717, 1.165) is 17.7 Å². The molecule has 1 rings (SSSR count). The van der Waals surface area contributed by atoms with Crippen molar-refractivity contribution in [2.45, 2.75) is 31.9 Å². The van der Waals surface area contributed by atoms with Crippen molar-refractivity contribution in [3.8, 4) is 6.07 Å². The summed E-state index contributed by atoms with van der Waals surface area (Å²) in [6.45, 7) is 1.95. The Labute approximate surface area is 135 Å². The molecule has 122 valence electrons. The SMILES string of the molecule is CC(C#N)(CCCS(C)(C)C)NC(=O)OCc1ccccc1. The number of rotatable bonds is 7. The molecule has 1 aromatic carbocycles. The fourth-order valence-corrected chi connectivity index (χ4v) is 3.00. The molecule has 0 radical (unpaired) electrons. The number of ether oxygens (including phenoxy) is 1. The third-order valence-corrected chi connectivity index (χ3v) is 4.78. The third kappa shape index (κ3) is 7.37. The van der Waals surface area contributed by atoms with E-state index in [9.17, 15) is 10.1 Å². The van der Waals surface area contributed by atoms with E-state index in [2.05, 4.69) is 30.2 Å². The quantitative estimate of drug-likeness (QED) is 0.833. The number of alkyl carbamates (subject to hydrolysis) is 1. The Balaban J connectivity index is 2.43. The highest BCUT2D eigenvalue weighted by Gasteiger charge is 2.26. The lowest BCUT2D eigenvalue weighted by atomic mass is 9.99. The number of nitriles is 1. The molecule has 0 aliphatic rings. The van der Waals surface area contributed by atoms with Gasteiger partial charge in [0, 0.05) is 0 Å². The van der Waals surface area contributed by atoms with Gasteiger partial charge in [-0.3, -0.25) is 0 Å². The predicted octanol–water partition coefficient (Wildman–Crippen LogP) is 3.67. The molecule has 0 saturated carbocycles. The molecule has 0 saturated heterocycles. The molecule has 0 heterocycles. The van der Waals surface area contributed by atoms with Gasteiger partial charge in [0.2, 0.25) is 0 Å². The Hall–Kier alpha value is -1.67. The second kappa shape index (κ2) is 8.09. The maximum atomic E-state index is 11.9. The summed E-state index contributed by atoms with van der Waals surface area (Å²) in [7, 11) is -0.583. The molecule has 4 nitrogen and oxygen atoms in total. The summed E-state index contributed by atoms with van der Waals surface area (Å²) in [6, 6.07) is 11.7. The number of benzene rings is 1. The third-order valence-electron chi connectivity index (χ3n) is 3.27. The van der Waals surface area contributed by atoms with Crippen molar-refractivity contribution in [3.63, 3.8) is 0 Å². The molecule has 22 heavy (non-hydrogen) atoms. The summed E-state index contributed by atoms with van der Waals surface area (Å²) >= 11 is 0. The topological polar surface area (TPSA) is 62.1 Å². The van der Waals surface area contributed by atoms with Crippen LogP contribution in [0.5, 0.6) is 0 Å². The minimum Gasteiger partial charge on any atom is -0.445 e. The molecule has 1 unspecified atom stereocenters. The van der Waals surface area contributed by atoms with E-state index < -0.39 is 21.7 Å². The van der Waals surface area contributed by atoms with Gasteiger partial charge in [-0.2, -0.15) is 5.26 Å². The fourth-order valence-electron chi connectivity index (χ4n) is 1.99. The molecular formula is C17H26N2O2S. The van der Waals surface area contributed by atoms with Gasteiger partial charge in [-0.25, -0.2) is 14.8 Å². The molecule has 1 amide bonds. The van der Waals surface area contributed by atoms with Crippen LogP contribution in [-0.4, -0.2) is 36.2 Å². The van der Waals surface area contributed by atoms with Crippen LogP contribution in [0.15, 0.2) is 30.3 Å². The van der Waals surface area contributed by atoms with Crippen molar-refractivity contribution < 1.29 is 9.53 Å². The number of amides is 1. The minimum absolute atomic E-state index is 0.209. The first-order valence-corrected chi connectivity index (χ1v) is 10.3. The van der Waals surface area contributed by atoms with Crippen LogP contribution in [0.25, 0.3) is 0 Å². The zero-order valence-corrected chi connectivity index (χ0v) is 14.7. The van der Waals surface area contributed by atoms with E-state index in [-0.39, 0.29) is 6.61 Å². The molecule has 0 aliphatic heterocycles. The van der Waals surface area contributed by atoms with Gasteiger partial charge < -0.3 is 10.1 Å². The Kier molecular flexibility index (Phi) is 6.76. The van der Waals surface area contributed by atoms with Crippen LogP contribution in [-0.2, 0) is 11.3 Å². The second-order valence-corrected chi connectivity index (χ2v) is 11.1. The summed E-state index contributed by atoms with van der Waals surface area (Å²) < 4.78 is 5.18. The summed E-state index contributed by atoms with van der Waals surface area (Å²) in [5.74, 6) is 1.09. The number of carbonyl (C=O) groups is 1. The summed E-state index contributed by atoms with van der Waals surface area (Å²) in [5.41, 5.74) is 0.0472. The molecule has 5 heteroatoms. The van der Waals surface area contributed by atoms with Crippen molar-refractivity contribution in [2.75, 3.05) is 24.5 Å². The Morgan fingerprint density at radius 2 is 1.95 bits per heavy atom. The monoisotopic (exact) mass is 322 g/mol. The molecular weight excluding hydrogens is 296 g/mol. The average Bonchev–Trinajstić information content (AvgIpc) is 2.45. The maximum absolute atomic E-state index is 11.9. The smallest absolute Gasteiger partial charge is 0.408 e. The molecule has 0 aromatic heterocycles. The predicted molar refractivity (Wildman–Crippen MR) is 93.2 cm³/mol. The van der Waals surface area contributed by atoms with Crippen LogP contribution in [0, 0.1) is 11.3 Å². The van der Waals surface area contributed by atoms with Crippen LogP contribution < -0.4 is 5.32 Å². The van der Waals surface area contributed by atoms with Gasteiger partial charge in [-0.05, 0) is 49.8 Å². The Morgan fingerprint density at radius 3 is 2.50 bits per heavy atom. The highest BCUT2D eigenvalue weighted by molar-refractivity contribution is 8.32. The van der Waals surface area contributed by atoms with Crippen LogP contribution in [0.3, 0.4) is 0 Å². The summed E-state index contributed by atoms with van der Waals surface area (Å²) in [4.78, 5) is 11.9. The maximum Gasteiger partial charge on any atom is 0.408 e. The molecule has 1 N–H and O–H groups in total. The first-order valence-electron chi connectivity index (χ1n) is 7.30. The summed E-state index contributed by atoms with van der Waals surface area (Å²) in [6.07, 6.45) is 7.75. The van der Waals surface area contributed by atoms with E-state index in [1.807, 2.05) is 30.3 Å². The van der Waals surface area contributed by atoms with Crippen molar-refractivity contribution in [1.82, 2.24) is 5.32 Å². The molecule has 0 spiro atoms. The number of nitrogens with one attached hydrogen (secondary N) is 1. The number of hydrogen-bond acceptors (Lipinski definition) is 3. The van der Waals surface area contributed by atoms with E-state index in [0.29, 0.717) is 6.42 Å². The first-order chi connectivity index (χ1) is 10.2. The van der Waals surface area contributed by atoms with Gasteiger partial charge in [-0.15, -0.1) is 0 Å². The average molecular weight is 322 g/mol. The van der Waals surface area contributed by atoms with E-state index in [1.54, 1.807) is 6.92 Å². The zero-order chi connectivity index (χ0) is 16.6. The molecule has 0 aliphatic carbocycles. The van der Waals surface area contributed by atoms with Crippen molar-refractivity contribution in [1.29, 1.82) is 5.26 Å². The van der Waals surface area contributed by atoms with Gasteiger partial charge >= 0.3 is 6.09 Å². The number of nitrogens with zero attached hydrogens (tertiary/aromatic N) is 1. The van der Waals surface area contributed by atoms with Crippen molar-refractivity contribution >= 4 is 16.1 Å². The lowest BCUT2D eigenvalue weighted by Crippen LogP contribution is -2.45. The lowest BCUT2D eigenvalue weighted by molar-refractivity contribution is 0.131. The number of carbonyl (C=O) groups excluding carboxylic acids is 1. The van der Waals surface area contributed by atoms with E-state index >= 15 is 0 Å². The Bertz CT molecular complexity index is 520. The first kappa shape index (κ1) is 18.4.